The van der Waals surface area contributed by atoms with Gasteiger partial charge in [0, 0.05) is 32.3 Å². The molecule has 0 aliphatic carbocycles. The highest BCUT2D eigenvalue weighted by molar-refractivity contribution is 5.92. The van der Waals surface area contributed by atoms with E-state index in [0.29, 0.717) is 45.0 Å². The Hall–Kier alpha value is -3.26. The summed E-state index contributed by atoms with van der Waals surface area (Å²) in [6.45, 7) is 3.00. The Morgan fingerprint density at radius 2 is 1.86 bits per heavy atom. The van der Waals surface area contributed by atoms with Crippen LogP contribution in [-0.2, 0) is 22.5 Å². The number of ether oxygens (including phenoxy) is 1. The molecule has 0 atom stereocenters. The number of hydrogen-bond acceptors (Lipinski definition) is 5. The van der Waals surface area contributed by atoms with Crippen molar-refractivity contribution in [2.45, 2.75) is 13.0 Å². The summed E-state index contributed by atoms with van der Waals surface area (Å²) in [7, 11) is 0. The monoisotopic (exact) mass is 393 g/mol. The molecule has 8 nitrogen and oxygen atoms in total. The topological polar surface area (TPSA) is 89.4 Å². The highest BCUT2D eigenvalue weighted by atomic mass is 16.5. The number of amides is 2. The number of carbonyl (C=O) groups excluding carboxylic acids is 2. The van der Waals surface area contributed by atoms with Gasteiger partial charge in [-0.1, -0.05) is 18.2 Å². The predicted molar refractivity (Wildman–Crippen MR) is 107 cm³/mol. The molecule has 150 valence electrons. The molecule has 1 fully saturated rings. The Balaban J connectivity index is 1.47. The van der Waals surface area contributed by atoms with Crippen molar-refractivity contribution in [1.82, 2.24) is 24.8 Å². The number of hydrogen-bond donors (Lipinski definition) is 1. The van der Waals surface area contributed by atoms with Crippen LogP contribution >= 0.6 is 0 Å². The number of nitrogens with one attached hydrogen (secondary N) is 1. The lowest BCUT2D eigenvalue weighted by Crippen LogP contribution is -2.42. The van der Waals surface area contributed by atoms with Crippen LogP contribution in [0.3, 0.4) is 0 Å². The fraction of sp³-hybridized carbons (Fsp3) is 0.333. The molecule has 29 heavy (non-hydrogen) atoms. The summed E-state index contributed by atoms with van der Waals surface area (Å²) in [4.78, 5) is 35.5. The normalized spacial score (nSPS) is 14.1. The summed E-state index contributed by atoms with van der Waals surface area (Å²) >= 11 is 0. The number of imidazole rings is 1. The van der Waals surface area contributed by atoms with Crippen LogP contribution in [0.1, 0.15) is 16.3 Å². The van der Waals surface area contributed by atoms with Gasteiger partial charge in [-0.15, -0.1) is 0 Å². The number of pyridine rings is 1. The second-order valence-corrected chi connectivity index (χ2v) is 6.82. The second-order valence-electron chi connectivity index (χ2n) is 6.82. The molecule has 2 aromatic heterocycles. The van der Waals surface area contributed by atoms with Crippen molar-refractivity contribution in [3.05, 3.63) is 60.2 Å². The summed E-state index contributed by atoms with van der Waals surface area (Å²) in [5.41, 5.74) is 2.14. The molecule has 1 aliphatic heterocycles. The summed E-state index contributed by atoms with van der Waals surface area (Å²) < 4.78 is 7.28. The Bertz CT molecular complexity index is 996. The van der Waals surface area contributed by atoms with E-state index >= 15 is 0 Å². The Morgan fingerprint density at radius 1 is 1.07 bits per heavy atom. The average molecular weight is 393 g/mol. The van der Waals surface area contributed by atoms with E-state index in [9.17, 15) is 9.59 Å². The van der Waals surface area contributed by atoms with Crippen LogP contribution in [0.2, 0.25) is 0 Å². The van der Waals surface area contributed by atoms with Gasteiger partial charge >= 0.3 is 0 Å². The van der Waals surface area contributed by atoms with Gasteiger partial charge < -0.3 is 19.5 Å². The molecule has 0 unspecified atom stereocenters. The van der Waals surface area contributed by atoms with E-state index in [1.165, 1.54) is 0 Å². The van der Waals surface area contributed by atoms with Gasteiger partial charge in [0.2, 0.25) is 5.91 Å². The Labute approximate surface area is 168 Å². The number of carbonyl (C=O) groups is 2. The van der Waals surface area contributed by atoms with Crippen molar-refractivity contribution in [2.75, 3.05) is 32.8 Å². The van der Waals surface area contributed by atoms with E-state index in [4.69, 9.17) is 4.74 Å². The molecule has 1 N–H and O–H groups in total. The number of benzene rings is 1. The Kier molecular flexibility index (Phi) is 5.81. The van der Waals surface area contributed by atoms with Gasteiger partial charge in [0.1, 0.15) is 18.1 Å². The first-order valence-corrected chi connectivity index (χ1v) is 9.71. The quantitative estimate of drug-likeness (QED) is 0.681. The molecular formula is C21H23N5O3. The maximum atomic E-state index is 12.8. The van der Waals surface area contributed by atoms with E-state index in [-0.39, 0.29) is 18.4 Å². The number of aromatic nitrogens is 3. The molecule has 4 rings (SSSR count). The minimum Gasteiger partial charge on any atom is -0.378 e. The lowest BCUT2D eigenvalue weighted by molar-refractivity contribution is -0.135. The average Bonchev–Trinajstić information content (AvgIpc) is 3.12. The number of nitrogens with zero attached hydrogens (tertiary/aromatic N) is 4. The van der Waals surface area contributed by atoms with Crippen LogP contribution in [0.15, 0.2) is 48.7 Å². The van der Waals surface area contributed by atoms with Gasteiger partial charge in [0.15, 0.2) is 0 Å². The number of rotatable bonds is 6. The van der Waals surface area contributed by atoms with Crippen molar-refractivity contribution in [3.63, 3.8) is 0 Å². The SMILES string of the molecule is O=C(NCCc1nc2ccccc2n1CC(=O)N1CCOCC1)c1ccccn1. The van der Waals surface area contributed by atoms with E-state index in [1.54, 1.807) is 24.4 Å². The van der Waals surface area contributed by atoms with Crippen molar-refractivity contribution < 1.29 is 14.3 Å². The summed E-state index contributed by atoms with van der Waals surface area (Å²) in [6.07, 6.45) is 2.11. The number of para-hydroxylation sites is 2. The molecule has 8 heteroatoms. The zero-order chi connectivity index (χ0) is 20.1. The predicted octanol–water partition coefficient (Wildman–Crippen LogP) is 1.26. The summed E-state index contributed by atoms with van der Waals surface area (Å²) in [5, 5.41) is 2.87. The molecule has 0 radical (unpaired) electrons. The molecule has 1 aliphatic rings. The molecule has 0 saturated carbocycles. The van der Waals surface area contributed by atoms with E-state index in [0.717, 1.165) is 16.9 Å². The maximum absolute atomic E-state index is 12.8. The lowest BCUT2D eigenvalue weighted by Gasteiger charge is -2.27. The van der Waals surface area contributed by atoms with Crippen LogP contribution < -0.4 is 5.32 Å². The summed E-state index contributed by atoms with van der Waals surface area (Å²) in [6, 6.07) is 13.0. The zero-order valence-corrected chi connectivity index (χ0v) is 16.1. The van der Waals surface area contributed by atoms with E-state index in [1.807, 2.05) is 33.7 Å². The molecular weight excluding hydrogens is 370 g/mol. The van der Waals surface area contributed by atoms with Crippen LogP contribution in [-0.4, -0.2) is 64.1 Å². The summed E-state index contributed by atoms with van der Waals surface area (Å²) in [5.74, 6) is 0.599. The largest absolute Gasteiger partial charge is 0.378 e. The van der Waals surface area contributed by atoms with E-state index < -0.39 is 0 Å². The van der Waals surface area contributed by atoms with E-state index in [2.05, 4.69) is 15.3 Å². The molecule has 3 heterocycles. The second kappa shape index (κ2) is 8.83. The third kappa shape index (κ3) is 4.43. The van der Waals surface area contributed by atoms with Gasteiger partial charge in [0.25, 0.3) is 5.91 Å². The van der Waals surface area contributed by atoms with Gasteiger partial charge in [-0.3, -0.25) is 14.6 Å². The standard InChI is InChI=1S/C21H23N5O3/c27-20(25-11-13-29-14-12-25)15-26-18-7-2-1-5-16(18)24-19(26)8-10-23-21(28)17-6-3-4-9-22-17/h1-7,9H,8,10-15H2,(H,23,28). The van der Waals surface area contributed by atoms with Crippen LogP contribution in [0.4, 0.5) is 0 Å². The molecule has 1 saturated heterocycles. The van der Waals surface area contributed by atoms with Crippen molar-refractivity contribution in [2.24, 2.45) is 0 Å². The van der Waals surface area contributed by atoms with Crippen LogP contribution in [0, 0.1) is 0 Å². The Morgan fingerprint density at radius 3 is 2.66 bits per heavy atom. The smallest absolute Gasteiger partial charge is 0.269 e. The third-order valence-electron chi connectivity index (χ3n) is 4.92. The first kappa shape index (κ1) is 19.1. The minimum absolute atomic E-state index is 0.0511. The molecule has 3 aromatic rings. The molecule has 0 bridgehead atoms. The molecule has 2 amide bonds. The molecule has 1 aromatic carbocycles. The van der Waals surface area contributed by atoms with Crippen molar-refractivity contribution >= 4 is 22.8 Å². The van der Waals surface area contributed by atoms with Crippen LogP contribution in [0.25, 0.3) is 11.0 Å². The number of morpholine rings is 1. The minimum atomic E-state index is -0.224. The zero-order valence-electron chi connectivity index (χ0n) is 16.1. The third-order valence-corrected chi connectivity index (χ3v) is 4.92. The first-order valence-electron chi connectivity index (χ1n) is 9.71. The van der Waals surface area contributed by atoms with Gasteiger partial charge in [-0.2, -0.15) is 0 Å². The fourth-order valence-corrected chi connectivity index (χ4v) is 3.42. The van der Waals surface area contributed by atoms with Crippen molar-refractivity contribution in [3.8, 4) is 0 Å². The van der Waals surface area contributed by atoms with Gasteiger partial charge in [0.05, 0.1) is 24.2 Å². The molecule has 0 spiro atoms. The van der Waals surface area contributed by atoms with Gasteiger partial charge in [-0.25, -0.2) is 4.98 Å². The fourth-order valence-electron chi connectivity index (χ4n) is 3.42. The first-order chi connectivity index (χ1) is 14.2. The highest BCUT2D eigenvalue weighted by Gasteiger charge is 2.20. The van der Waals surface area contributed by atoms with Gasteiger partial charge in [-0.05, 0) is 24.3 Å². The van der Waals surface area contributed by atoms with Crippen molar-refractivity contribution in [1.29, 1.82) is 0 Å². The highest BCUT2D eigenvalue weighted by Crippen LogP contribution is 2.17. The van der Waals surface area contributed by atoms with Crippen LogP contribution in [0.5, 0.6) is 0 Å². The lowest BCUT2D eigenvalue weighted by atomic mass is 10.3. The number of fused-ring (bicyclic) bond motifs is 1. The maximum Gasteiger partial charge on any atom is 0.269 e.